The summed E-state index contributed by atoms with van der Waals surface area (Å²) in [5.41, 5.74) is 5.95. The van der Waals surface area contributed by atoms with E-state index in [9.17, 15) is 9.59 Å². The quantitative estimate of drug-likeness (QED) is 0.782. The first-order valence-electron chi connectivity index (χ1n) is 11.1. The highest BCUT2D eigenvalue weighted by molar-refractivity contribution is 5.80. The van der Waals surface area contributed by atoms with Crippen molar-refractivity contribution >= 4 is 11.8 Å². The second-order valence-electron chi connectivity index (χ2n) is 8.71. The minimum absolute atomic E-state index is 0.0436. The van der Waals surface area contributed by atoms with Crippen molar-refractivity contribution in [1.82, 2.24) is 19.6 Å². The Kier molecular flexibility index (Phi) is 5.93. The number of aryl methyl sites for hydroxylation is 2. The number of amides is 2. The van der Waals surface area contributed by atoms with Crippen molar-refractivity contribution in [2.45, 2.75) is 52.5 Å². The van der Waals surface area contributed by atoms with Crippen molar-refractivity contribution in [3.8, 4) is 0 Å². The van der Waals surface area contributed by atoms with Crippen molar-refractivity contribution in [3.63, 3.8) is 0 Å². The van der Waals surface area contributed by atoms with Gasteiger partial charge in [-0.25, -0.2) is 0 Å². The molecule has 0 aliphatic carbocycles. The minimum atomic E-state index is 0.0436. The normalized spacial score (nSPS) is 17.2. The maximum atomic E-state index is 13.0. The van der Waals surface area contributed by atoms with E-state index >= 15 is 0 Å². The fourth-order valence-corrected chi connectivity index (χ4v) is 4.89. The van der Waals surface area contributed by atoms with Gasteiger partial charge in [-0.15, -0.1) is 0 Å². The summed E-state index contributed by atoms with van der Waals surface area (Å²) in [6.45, 7) is 6.95. The Morgan fingerprint density at radius 1 is 1.03 bits per heavy atom. The zero-order chi connectivity index (χ0) is 21.3. The standard InChI is InChI=1S/C24H32N4O2/c1-17-22(18(2)26(3)25-17)8-9-23(29)27-13-11-20(12-14-27)24(30)28-15-10-19-6-4-5-7-21(19)16-28/h4-7,20H,8-16H2,1-3H3. The largest absolute Gasteiger partial charge is 0.343 e. The maximum absolute atomic E-state index is 13.0. The Morgan fingerprint density at radius 2 is 1.73 bits per heavy atom. The highest BCUT2D eigenvalue weighted by Crippen LogP contribution is 2.25. The van der Waals surface area contributed by atoms with Crippen LogP contribution in [0.1, 0.15) is 47.3 Å². The Morgan fingerprint density at radius 3 is 2.40 bits per heavy atom. The molecule has 1 aromatic carbocycles. The number of hydrogen-bond acceptors (Lipinski definition) is 3. The average Bonchev–Trinajstić information content (AvgIpc) is 3.02. The third kappa shape index (κ3) is 4.13. The third-order valence-corrected chi connectivity index (χ3v) is 6.89. The van der Waals surface area contributed by atoms with Gasteiger partial charge in [-0.1, -0.05) is 24.3 Å². The highest BCUT2D eigenvalue weighted by Gasteiger charge is 2.31. The van der Waals surface area contributed by atoms with Gasteiger partial charge < -0.3 is 9.80 Å². The molecule has 0 radical (unpaired) electrons. The molecule has 6 heteroatoms. The second kappa shape index (κ2) is 8.62. The molecule has 0 unspecified atom stereocenters. The van der Waals surface area contributed by atoms with Crippen LogP contribution in [0.25, 0.3) is 0 Å². The van der Waals surface area contributed by atoms with Gasteiger partial charge >= 0.3 is 0 Å². The molecule has 2 aromatic rings. The topological polar surface area (TPSA) is 58.4 Å². The fraction of sp³-hybridized carbons (Fsp3) is 0.542. The molecule has 1 saturated heterocycles. The van der Waals surface area contributed by atoms with Crippen molar-refractivity contribution in [2.24, 2.45) is 13.0 Å². The molecular formula is C24H32N4O2. The third-order valence-electron chi connectivity index (χ3n) is 6.89. The molecule has 3 heterocycles. The molecular weight excluding hydrogens is 376 g/mol. The Balaban J connectivity index is 1.27. The first-order chi connectivity index (χ1) is 14.4. The average molecular weight is 409 g/mol. The van der Waals surface area contributed by atoms with Crippen LogP contribution in [-0.4, -0.2) is 51.0 Å². The van der Waals surface area contributed by atoms with E-state index < -0.39 is 0 Å². The van der Waals surface area contributed by atoms with Crippen LogP contribution in [0.3, 0.4) is 0 Å². The lowest BCUT2D eigenvalue weighted by Gasteiger charge is -2.36. The molecule has 0 saturated carbocycles. The van der Waals surface area contributed by atoms with Crippen LogP contribution in [0.15, 0.2) is 24.3 Å². The summed E-state index contributed by atoms with van der Waals surface area (Å²) < 4.78 is 1.88. The van der Waals surface area contributed by atoms with E-state index in [1.54, 1.807) is 0 Å². The first-order valence-corrected chi connectivity index (χ1v) is 11.1. The molecule has 30 heavy (non-hydrogen) atoms. The van der Waals surface area contributed by atoms with Gasteiger partial charge in [0.1, 0.15) is 0 Å². The fourth-order valence-electron chi connectivity index (χ4n) is 4.89. The summed E-state index contributed by atoms with van der Waals surface area (Å²) in [5, 5.41) is 4.44. The summed E-state index contributed by atoms with van der Waals surface area (Å²) >= 11 is 0. The van der Waals surface area contributed by atoms with Crippen LogP contribution in [-0.2, 0) is 36.0 Å². The molecule has 2 amide bonds. The zero-order valence-corrected chi connectivity index (χ0v) is 18.4. The minimum Gasteiger partial charge on any atom is -0.343 e. The van der Waals surface area contributed by atoms with Gasteiger partial charge in [0.2, 0.25) is 11.8 Å². The molecule has 2 aliphatic heterocycles. The van der Waals surface area contributed by atoms with E-state index in [0.29, 0.717) is 19.5 Å². The van der Waals surface area contributed by atoms with Gasteiger partial charge in [-0.2, -0.15) is 5.10 Å². The van der Waals surface area contributed by atoms with Crippen molar-refractivity contribution in [1.29, 1.82) is 0 Å². The van der Waals surface area contributed by atoms with E-state index in [0.717, 1.165) is 50.2 Å². The van der Waals surface area contributed by atoms with Crippen LogP contribution in [0, 0.1) is 19.8 Å². The lowest BCUT2D eigenvalue weighted by Crippen LogP contribution is -2.45. The highest BCUT2D eigenvalue weighted by atomic mass is 16.2. The molecule has 6 nitrogen and oxygen atoms in total. The summed E-state index contributed by atoms with van der Waals surface area (Å²) in [6, 6.07) is 8.41. The van der Waals surface area contributed by atoms with Crippen LogP contribution in [0.4, 0.5) is 0 Å². The summed E-state index contributed by atoms with van der Waals surface area (Å²) in [4.78, 5) is 29.7. The summed E-state index contributed by atoms with van der Waals surface area (Å²) in [6.07, 6.45) is 3.72. The number of piperidine rings is 1. The number of carbonyl (C=O) groups is 2. The smallest absolute Gasteiger partial charge is 0.226 e. The Hall–Kier alpha value is -2.63. The number of benzene rings is 1. The van der Waals surface area contributed by atoms with Crippen molar-refractivity contribution in [3.05, 3.63) is 52.3 Å². The molecule has 1 fully saturated rings. The summed E-state index contributed by atoms with van der Waals surface area (Å²) in [7, 11) is 1.94. The number of carbonyl (C=O) groups excluding carboxylic acids is 2. The molecule has 0 spiro atoms. The van der Waals surface area contributed by atoms with Crippen LogP contribution < -0.4 is 0 Å². The van der Waals surface area contributed by atoms with Crippen LogP contribution in [0.2, 0.25) is 0 Å². The number of nitrogens with zero attached hydrogens (tertiary/aromatic N) is 4. The van der Waals surface area contributed by atoms with E-state index in [-0.39, 0.29) is 17.7 Å². The van der Waals surface area contributed by atoms with Crippen molar-refractivity contribution < 1.29 is 9.59 Å². The zero-order valence-electron chi connectivity index (χ0n) is 18.4. The molecule has 0 N–H and O–H groups in total. The predicted octanol–water partition coefficient (Wildman–Crippen LogP) is 2.79. The van der Waals surface area contributed by atoms with Gasteiger partial charge in [-0.3, -0.25) is 14.3 Å². The van der Waals surface area contributed by atoms with E-state index in [4.69, 9.17) is 0 Å². The first kappa shape index (κ1) is 20.6. The van der Waals surface area contributed by atoms with Crippen LogP contribution in [0.5, 0.6) is 0 Å². The number of fused-ring (bicyclic) bond motifs is 1. The van der Waals surface area contributed by atoms with Gasteiger partial charge in [0.15, 0.2) is 0 Å². The number of rotatable bonds is 4. The Bertz CT molecular complexity index is 941. The molecule has 4 rings (SSSR count). The number of likely N-dealkylation sites (tertiary alicyclic amines) is 1. The maximum Gasteiger partial charge on any atom is 0.226 e. The number of hydrogen-bond donors (Lipinski definition) is 0. The number of aromatic nitrogens is 2. The molecule has 1 aromatic heterocycles. The predicted molar refractivity (Wildman–Crippen MR) is 116 cm³/mol. The van der Waals surface area contributed by atoms with E-state index in [2.05, 4.69) is 30.2 Å². The molecule has 160 valence electrons. The SMILES string of the molecule is Cc1nn(C)c(C)c1CCC(=O)N1CCC(C(=O)N2CCc3ccccc3C2)CC1. The van der Waals surface area contributed by atoms with E-state index in [1.807, 2.05) is 34.5 Å². The molecule has 2 aliphatic rings. The molecule has 0 atom stereocenters. The van der Waals surface area contributed by atoms with Gasteiger partial charge in [-0.05, 0) is 56.2 Å². The van der Waals surface area contributed by atoms with Crippen molar-refractivity contribution in [2.75, 3.05) is 19.6 Å². The van der Waals surface area contributed by atoms with Gasteiger partial charge in [0, 0.05) is 51.3 Å². The monoisotopic (exact) mass is 408 g/mol. The van der Waals surface area contributed by atoms with Gasteiger partial charge in [0.05, 0.1) is 5.69 Å². The van der Waals surface area contributed by atoms with Crippen LogP contribution >= 0.6 is 0 Å². The Labute approximate surface area is 178 Å². The van der Waals surface area contributed by atoms with E-state index in [1.165, 1.54) is 16.7 Å². The summed E-state index contributed by atoms with van der Waals surface area (Å²) in [5.74, 6) is 0.496. The lowest BCUT2D eigenvalue weighted by molar-refractivity contribution is -0.141. The second-order valence-corrected chi connectivity index (χ2v) is 8.71. The lowest BCUT2D eigenvalue weighted by atomic mass is 9.92. The van der Waals surface area contributed by atoms with Gasteiger partial charge in [0.25, 0.3) is 0 Å². The molecule has 0 bridgehead atoms.